The van der Waals surface area contributed by atoms with Crippen LogP contribution in [0.4, 0.5) is 4.79 Å². The number of aromatic hydroxyl groups is 1. The number of nitrogens with zero attached hydrogens (tertiary/aromatic N) is 1. The van der Waals surface area contributed by atoms with E-state index in [1.165, 1.54) is 11.0 Å². The zero-order valence-electron chi connectivity index (χ0n) is 20.8. The molecule has 3 aromatic carbocycles. The molecule has 0 aromatic heterocycles. The summed E-state index contributed by atoms with van der Waals surface area (Å²) >= 11 is 0. The van der Waals surface area contributed by atoms with Gasteiger partial charge in [-0.15, -0.1) is 0 Å². The summed E-state index contributed by atoms with van der Waals surface area (Å²) in [4.78, 5) is 14.3. The van der Waals surface area contributed by atoms with Crippen molar-refractivity contribution in [2.24, 2.45) is 0 Å². The fourth-order valence-electron chi connectivity index (χ4n) is 3.82. The Morgan fingerprint density at radius 1 is 0.944 bits per heavy atom. The zero-order chi connectivity index (χ0) is 26.0. The lowest BCUT2D eigenvalue weighted by Crippen LogP contribution is -2.44. The normalized spacial score (nSPS) is 12.2. The van der Waals surface area contributed by atoms with Crippen molar-refractivity contribution in [3.8, 4) is 5.75 Å². The Morgan fingerprint density at radius 2 is 1.61 bits per heavy atom. The summed E-state index contributed by atoms with van der Waals surface area (Å²) in [7, 11) is -4.23. The van der Waals surface area contributed by atoms with Gasteiger partial charge < -0.3 is 9.84 Å². The van der Waals surface area contributed by atoms with E-state index in [-0.39, 0.29) is 23.8 Å². The average Bonchev–Trinajstić information content (AvgIpc) is 2.89. The van der Waals surface area contributed by atoms with Gasteiger partial charge in [0.1, 0.15) is 16.8 Å². The van der Waals surface area contributed by atoms with Crippen LogP contribution in [0, 0.1) is 0 Å². The molecule has 2 N–H and O–H groups in total. The van der Waals surface area contributed by atoms with Crippen molar-refractivity contribution in [3.05, 3.63) is 95.6 Å². The Labute approximate surface area is 213 Å². The minimum atomic E-state index is -4.23. The first-order valence-corrected chi connectivity index (χ1v) is 13.7. The molecule has 3 rings (SSSR count). The van der Waals surface area contributed by atoms with Crippen LogP contribution in [-0.4, -0.2) is 31.1 Å². The molecule has 0 aliphatic carbocycles. The number of aryl methyl sites for hydroxylation is 1. The number of phenolic OH excluding ortho intramolecular Hbond substituents is 1. The fraction of sp³-hybridized carbons (Fsp3) is 0.321. The van der Waals surface area contributed by atoms with E-state index in [0.717, 1.165) is 18.4 Å². The third-order valence-corrected chi connectivity index (χ3v) is 7.17. The molecule has 0 aliphatic heterocycles. The van der Waals surface area contributed by atoms with Gasteiger partial charge in [-0.05, 0) is 42.0 Å². The molecule has 1 amide bonds. The number of amides is 1. The summed E-state index contributed by atoms with van der Waals surface area (Å²) in [6.07, 6.45) is 1.23. The lowest BCUT2D eigenvalue weighted by Gasteiger charge is -2.32. The molecule has 0 aliphatic rings. The number of ether oxygens (including phenoxy) is 1. The second kappa shape index (κ2) is 13.1. The van der Waals surface area contributed by atoms with Crippen LogP contribution in [0.5, 0.6) is 5.75 Å². The molecule has 0 bridgehead atoms. The largest absolute Gasteiger partial charge is 0.506 e. The van der Waals surface area contributed by atoms with E-state index in [9.17, 15) is 18.3 Å². The highest BCUT2D eigenvalue weighted by molar-refractivity contribution is 7.89. The first-order chi connectivity index (χ1) is 17.4. The fourth-order valence-corrected chi connectivity index (χ4v) is 5.15. The van der Waals surface area contributed by atoms with Crippen LogP contribution in [0.25, 0.3) is 0 Å². The van der Waals surface area contributed by atoms with Gasteiger partial charge in [0.25, 0.3) is 0 Å². The molecule has 0 saturated carbocycles. The van der Waals surface area contributed by atoms with Gasteiger partial charge in [0.15, 0.2) is 0 Å². The Balaban J connectivity index is 2.04. The molecule has 0 spiro atoms. The number of carbonyl (C=O) groups excluding carboxylic acids is 1. The van der Waals surface area contributed by atoms with Crippen molar-refractivity contribution in [3.63, 3.8) is 0 Å². The van der Waals surface area contributed by atoms with E-state index in [0.29, 0.717) is 24.0 Å². The molecule has 0 radical (unpaired) electrons. The minimum Gasteiger partial charge on any atom is -0.506 e. The number of para-hydroxylation sites is 1. The van der Waals surface area contributed by atoms with Gasteiger partial charge in [0.05, 0.1) is 13.2 Å². The predicted molar refractivity (Wildman–Crippen MR) is 140 cm³/mol. The molecule has 192 valence electrons. The highest BCUT2D eigenvalue weighted by Gasteiger charge is 2.32. The van der Waals surface area contributed by atoms with Crippen LogP contribution in [0.2, 0.25) is 0 Å². The van der Waals surface area contributed by atoms with E-state index in [4.69, 9.17) is 4.74 Å². The van der Waals surface area contributed by atoms with E-state index >= 15 is 0 Å². The van der Waals surface area contributed by atoms with Crippen LogP contribution in [0.3, 0.4) is 0 Å². The van der Waals surface area contributed by atoms with Gasteiger partial charge in [-0.1, -0.05) is 93.1 Å². The summed E-state index contributed by atoms with van der Waals surface area (Å²) in [6, 6.07) is 22.9. The maximum absolute atomic E-state index is 13.6. The van der Waals surface area contributed by atoms with Crippen LogP contribution in [-0.2, 0) is 27.7 Å². The molecule has 7 nitrogen and oxygen atoms in total. The number of carbonyl (C=O) groups is 1. The Bertz CT molecular complexity index is 1220. The van der Waals surface area contributed by atoms with Crippen molar-refractivity contribution in [2.45, 2.75) is 57.1 Å². The van der Waals surface area contributed by atoms with Gasteiger partial charge >= 0.3 is 6.09 Å². The number of hydrogen-bond acceptors (Lipinski definition) is 5. The number of benzene rings is 3. The summed E-state index contributed by atoms with van der Waals surface area (Å²) in [5, 5.41) is 10.8. The standard InChI is InChI=1S/C28H34N2O5S/c1-3-5-15-23-18-12-19-25(26(23)31)36(33,34)29-27(24-16-10-7-11-17-24)30(28(32)35-20-4-2)21-22-13-8-6-9-14-22/h6-14,16-19,27,29,31H,3-5,15,20-21H2,1-2H3. The molecule has 8 heteroatoms. The number of sulfonamides is 1. The van der Waals surface area contributed by atoms with Crippen LogP contribution < -0.4 is 4.72 Å². The SMILES string of the molecule is CCCCc1cccc(S(=O)(=O)NC(c2ccccc2)N(Cc2ccccc2)C(=O)OCCC)c1O. The Kier molecular flexibility index (Phi) is 9.90. The van der Waals surface area contributed by atoms with Crippen molar-refractivity contribution in [1.29, 1.82) is 0 Å². The third kappa shape index (κ3) is 7.08. The van der Waals surface area contributed by atoms with Crippen molar-refractivity contribution in [1.82, 2.24) is 9.62 Å². The maximum Gasteiger partial charge on any atom is 0.411 e. The zero-order valence-corrected chi connectivity index (χ0v) is 21.6. The molecule has 1 atom stereocenters. The highest BCUT2D eigenvalue weighted by atomic mass is 32.2. The maximum atomic E-state index is 13.6. The van der Waals surface area contributed by atoms with Gasteiger partial charge in [0.2, 0.25) is 10.0 Å². The van der Waals surface area contributed by atoms with E-state index < -0.39 is 22.3 Å². The summed E-state index contributed by atoms with van der Waals surface area (Å²) < 4.78 is 35.3. The van der Waals surface area contributed by atoms with Crippen molar-refractivity contribution < 1.29 is 23.1 Å². The second-order valence-corrected chi connectivity index (χ2v) is 10.2. The van der Waals surface area contributed by atoms with Gasteiger partial charge in [0, 0.05) is 0 Å². The lowest BCUT2D eigenvalue weighted by atomic mass is 10.1. The Morgan fingerprint density at radius 3 is 2.25 bits per heavy atom. The van der Waals surface area contributed by atoms with Gasteiger partial charge in [-0.3, -0.25) is 4.90 Å². The molecule has 36 heavy (non-hydrogen) atoms. The molecule has 0 fully saturated rings. The smallest absolute Gasteiger partial charge is 0.411 e. The minimum absolute atomic E-state index is 0.119. The molecule has 0 heterocycles. The van der Waals surface area contributed by atoms with E-state index in [1.807, 2.05) is 50.2 Å². The van der Waals surface area contributed by atoms with Crippen molar-refractivity contribution in [2.75, 3.05) is 6.61 Å². The molecular formula is C28H34N2O5S. The number of rotatable bonds is 12. The first kappa shape index (κ1) is 27.2. The second-order valence-electron chi connectivity index (χ2n) is 8.53. The topological polar surface area (TPSA) is 95.9 Å². The monoisotopic (exact) mass is 510 g/mol. The van der Waals surface area contributed by atoms with Gasteiger partial charge in [-0.2, -0.15) is 4.72 Å². The molecule has 3 aromatic rings. The molecule has 1 unspecified atom stereocenters. The summed E-state index contributed by atoms with van der Waals surface area (Å²) in [6.45, 7) is 4.25. The van der Waals surface area contributed by atoms with Crippen molar-refractivity contribution >= 4 is 16.1 Å². The number of phenols is 1. The lowest BCUT2D eigenvalue weighted by molar-refractivity contribution is 0.0798. The van der Waals surface area contributed by atoms with Crippen LogP contribution >= 0.6 is 0 Å². The van der Waals surface area contributed by atoms with E-state index in [1.54, 1.807) is 36.4 Å². The number of unbranched alkanes of at least 4 members (excludes halogenated alkanes) is 1. The summed E-state index contributed by atoms with van der Waals surface area (Å²) in [5.74, 6) is -0.270. The highest BCUT2D eigenvalue weighted by Crippen LogP contribution is 2.31. The first-order valence-electron chi connectivity index (χ1n) is 12.2. The van der Waals surface area contributed by atoms with Crippen LogP contribution in [0.15, 0.2) is 83.8 Å². The van der Waals surface area contributed by atoms with Crippen LogP contribution in [0.1, 0.15) is 56.0 Å². The predicted octanol–water partition coefficient (Wildman–Crippen LogP) is 5.76. The average molecular weight is 511 g/mol. The summed E-state index contributed by atoms with van der Waals surface area (Å²) in [5.41, 5.74) is 1.95. The Hall–Kier alpha value is -3.36. The van der Waals surface area contributed by atoms with Gasteiger partial charge in [-0.25, -0.2) is 13.2 Å². The molecular weight excluding hydrogens is 476 g/mol. The number of nitrogens with one attached hydrogen (secondary N) is 1. The quantitative estimate of drug-likeness (QED) is 0.302. The third-order valence-electron chi connectivity index (χ3n) is 5.73. The van der Waals surface area contributed by atoms with E-state index in [2.05, 4.69) is 4.72 Å². The molecule has 0 saturated heterocycles. The number of hydrogen-bond donors (Lipinski definition) is 2.